The van der Waals surface area contributed by atoms with Crippen LogP contribution in [0.2, 0.25) is 5.02 Å². The summed E-state index contributed by atoms with van der Waals surface area (Å²) in [7, 11) is 1.54. The molecule has 0 aliphatic carbocycles. The number of ether oxygens (including phenoxy) is 1. The van der Waals surface area contributed by atoms with Crippen molar-refractivity contribution >= 4 is 11.6 Å². The average Bonchev–Trinajstić information content (AvgIpc) is 2.71. The lowest BCUT2D eigenvalue weighted by Crippen LogP contribution is -2.18. The normalized spacial score (nSPS) is 12.6. The van der Waals surface area contributed by atoms with Crippen LogP contribution in [-0.2, 0) is 12.7 Å². The lowest BCUT2D eigenvalue weighted by atomic mass is 10.00. The summed E-state index contributed by atoms with van der Waals surface area (Å²) in [5.41, 5.74) is 2.81. The van der Waals surface area contributed by atoms with Crippen LogP contribution in [0.15, 0.2) is 66.7 Å². The highest BCUT2D eigenvalue weighted by Crippen LogP contribution is 2.34. The van der Waals surface area contributed by atoms with Crippen molar-refractivity contribution in [1.29, 1.82) is 0 Å². The molecule has 1 unspecified atom stereocenters. The second kappa shape index (κ2) is 8.89. The van der Waals surface area contributed by atoms with Crippen molar-refractivity contribution in [3.05, 3.63) is 88.4 Å². The summed E-state index contributed by atoms with van der Waals surface area (Å²) in [6.07, 6.45) is -4.36. The van der Waals surface area contributed by atoms with Gasteiger partial charge in [0.05, 0.1) is 12.7 Å². The molecule has 1 atom stereocenters. The standard InChI is InChI=1S/C23H21ClF3NO/c1-15(18-4-3-5-20(24)13-18)28-14-16-6-11-22(29-2)21(12-16)17-7-9-19(10-8-17)23(25,26)27/h3-13,15,28H,14H2,1-2H3. The minimum Gasteiger partial charge on any atom is -0.496 e. The molecular formula is C23H21ClF3NO. The Balaban J connectivity index is 1.80. The van der Waals surface area contributed by atoms with Gasteiger partial charge in [-0.15, -0.1) is 0 Å². The highest BCUT2D eigenvalue weighted by atomic mass is 35.5. The predicted octanol–water partition coefficient (Wildman–Crippen LogP) is 6.89. The van der Waals surface area contributed by atoms with Crippen LogP contribution in [0.25, 0.3) is 11.1 Å². The molecule has 3 aromatic carbocycles. The molecule has 152 valence electrons. The molecular weight excluding hydrogens is 399 g/mol. The zero-order valence-electron chi connectivity index (χ0n) is 16.1. The molecule has 3 aromatic rings. The van der Waals surface area contributed by atoms with Crippen LogP contribution < -0.4 is 10.1 Å². The Hall–Kier alpha value is -2.50. The first-order valence-corrected chi connectivity index (χ1v) is 9.49. The molecule has 2 nitrogen and oxygen atoms in total. The summed E-state index contributed by atoms with van der Waals surface area (Å²) >= 11 is 6.06. The fraction of sp³-hybridized carbons (Fsp3) is 0.217. The van der Waals surface area contributed by atoms with Crippen LogP contribution >= 0.6 is 11.6 Å². The van der Waals surface area contributed by atoms with Crippen molar-refractivity contribution in [1.82, 2.24) is 5.32 Å². The van der Waals surface area contributed by atoms with Crippen molar-refractivity contribution < 1.29 is 17.9 Å². The highest BCUT2D eigenvalue weighted by Gasteiger charge is 2.30. The van der Waals surface area contributed by atoms with Crippen molar-refractivity contribution in [2.75, 3.05) is 7.11 Å². The smallest absolute Gasteiger partial charge is 0.416 e. The first kappa shape index (κ1) is 21.2. The number of hydrogen-bond donors (Lipinski definition) is 1. The fourth-order valence-corrected chi connectivity index (χ4v) is 3.29. The molecule has 0 aromatic heterocycles. The van der Waals surface area contributed by atoms with E-state index < -0.39 is 11.7 Å². The lowest BCUT2D eigenvalue weighted by Gasteiger charge is -2.16. The predicted molar refractivity (Wildman–Crippen MR) is 110 cm³/mol. The number of benzene rings is 3. The summed E-state index contributed by atoms with van der Waals surface area (Å²) in [5, 5.41) is 4.12. The Morgan fingerprint density at radius 2 is 1.72 bits per heavy atom. The number of hydrogen-bond acceptors (Lipinski definition) is 2. The van der Waals surface area contributed by atoms with Gasteiger partial charge in [0.2, 0.25) is 0 Å². The van der Waals surface area contributed by atoms with Gasteiger partial charge < -0.3 is 10.1 Å². The number of halogens is 4. The van der Waals surface area contributed by atoms with E-state index in [0.29, 0.717) is 22.9 Å². The minimum atomic E-state index is -4.36. The van der Waals surface area contributed by atoms with E-state index in [2.05, 4.69) is 5.32 Å². The van der Waals surface area contributed by atoms with Gasteiger partial charge >= 0.3 is 6.18 Å². The molecule has 0 spiro atoms. The van der Waals surface area contributed by atoms with Gasteiger partial charge in [0.1, 0.15) is 5.75 Å². The van der Waals surface area contributed by atoms with E-state index in [1.165, 1.54) is 12.1 Å². The SMILES string of the molecule is COc1ccc(CNC(C)c2cccc(Cl)c2)cc1-c1ccc(C(F)(F)F)cc1. The Morgan fingerprint density at radius 1 is 1.00 bits per heavy atom. The maximum atomic E-state index is 12.8. The van der Waals surface area contributed by atoms with E-state index in [4.69, 9.17) is 16.3 Å². The second-order valence-corrected chi connectivity index (χ2v) is 7.20. The van der Waals surface area contributed by atoms with Crippen LogP contribution in [0, 0.1) is 0 Å². The Kier molecular flexibility index (Phi) is 6.50. The third-order valence-electron chi connectivity index (χ3n) is 4.75. The van der Waals surface area contributed by atoms with Gasteiger partial charge in [-0.3, -0.25) is 0 Å². The maximum absolute atomic E-state index is 12.8. The van der Waals surface area contributed by atoms with Crippen LogP contribution in [-0.4, -0.2) is 7.11 Å². The Bertz CT molecular complexity index is 971. The molecule has 0 saturated carbocycles. The molecule has 0 radical (unpaired) electrons. The summed E-state index contributed by atoms with van der Waals surface area (Å²) < 4.78 is 43.9. The molecule has 0 amide bonds. The number of alkyl halides is 3. The molecule has 0 aliphatic rings. The minimum absolute atomic E-state index is 0.0883. The van der Waals surface area contributed by atoms with Gasteiger partial charge in [-0.2, -0.15) is 13.2 Å². The molecule has 29 heavy (non-hydrogen) atoms. The molecule has 3 rings (SSSR count). The first-order valence-electron chi connectivity index (χ1n) is 9.11. The molecule has 0 bridgehead atoms. The van der Waals surface area contributed by atoms with E-state index >= 15 is 0 Å². The number of nitrogens with one attached hydrogen (secondary N) is 1. The topological polar surface area (TPSA) is 21.3 Å². The second-order valence-electron chi connectivity index (χ2n) is 6.77. The van der Waals surface area contributed by atoms with Crippen molar-refractivity contribution in [3.63, 3.8) is 0 Å². The molecule has 0 aliphatic heterocycles. The summed E-state index contributed by atoms with van der Waals surface area (Å²) in [5.74, 6) is 0.608. The van der Waals surface area contributed by atoms with E-state index in [1.807, 2.05) is 49.4 Å². The molecule has 0 fully saturated rings. The monoisotopic (exact) mass is 419 g/mol. The molecule has 6 heteroatoms. The Morgan fingerprint density at radius 3 is 2.34 bits per heavy atom. The highest BCUT2D eigenvalue weighted by molar-refractivity contribution is 6.30. The van der Waals surface area contributed by atoms with E-state index in [0.717, 1.165) is 28.8 Å². The summed E-state index contributed by atoms with van der Waals surface area (Å²) in [6, 6.07) is 18.5. The van der Waals surface area contributed by atoms with Gasteiger partial charge in [0.15, 0.2) is 0 Å². The number of rotatable bonds is 6. The van der Waals surface area contributed by atoms with Gasteiger partial charge in [0.25, 0.3) is 0 Å². The maximum Gasteiger partial charge on any atom is 0.416 e. The fourth-order valence-electron chi connectivity index (χ4n) is 3.09. The zero-order valence-corrected chi connectivity index (χ0v) is 16.8. The van der Waals surface area contributed by atoms with Crippen LogP contribution in [0.3, 0.4) is 0 Å². The van der Waals surface area contributed by atoms with Crippen LogP contribution in [0.5, 0.6) is 5.75 Å². The average molecular weight is 420 g/mol. The molecule has 1 N–H and O–H groups in total. The van der Waals surface area contributed by atoms with E-state index in [1.54, 1.807) is 7.11 Å². The van der Waals surface area contributed by atoms with Crippen molar-refractivity contribution in [3.8, 4) is 16.9 Å². The Labute approximate surface area is 173 Å². The number of methoxy groups -OCH3 is 1. The van der Waals surface area contributed by atoms with Crippen LogP contribution in [0.4, 0.5) is 13.2 Å². The third kappa shape index (κ3) is 5.31. The van der Waals surface area contributed by atoms with Crippen molar-refractivity contribution in [2.45, 2.75) is 25.7 Å². The zero-order chi connectivity index (χ0) is 21.0. The van der Waals surface area contributed by atoms with Crippen molar-refractivity contribution in [2.24, 2.45) is 0 Å². The van der Waals surface area contributed by atoms with Gasteiger partial charge in [-0.25, -0.2) is 0 Å². The lowest BCUT2D eigenvalue weighted by molar-refractivity contribution is -0.137. The van der Waals surface area contributed by atoms with Gasteiger partial charge in [0, 0.05) is 23.2 Å². The van der Waals surface area contributed by atoms with E-state index in [9.17, 15) is 13.2 Å². The van der Waals surface area contributed by atoms with Crippen LogP contribution in [0.1, 0.15) is 29.7 Å². The van der Waals surface area contributed by atoms with E-state index in [-0.39, 0.29) is 6.04 Å². The molecule has 0 heterocycles. The summed E-state index contributed by atoms with van der Waals surface area (Å²) in [4.78, 5) is 0. The van der Waals surface area contributed by atoms with Gasteiger partial charge in [-0.1, -0.05) is 41.9 Å². The quantitative estimate of drug-likeness (QED) is 0.470. The summed E-state index contributed by atoms with van der Waals surface area (Å²) in [6.45, 7) is 2.64. The largest absolute Gasteiger partial charge is 0.496 e. The third-order valence-corrected chi connectivity index (χ3v) is 4.98. The van der Waals surface area contributed by atoms with Gasteiger partial charge in [-0.05, 0) is 60.0 Å². The first-order chi connectivity index (χ1) is 13.8. The molecule has 0 saturated heterocycles.